The highest BCUT2D eigenvalue weighted by Gasteiger charge is 2.58. The molecule has 3 fully saturated rings. The number of aliphatic hydroxyl groups is 1. The molecule has 6 rings (SSSR count). The van der Waals surface area contributed by atoms with E-state index in [1.807, 2.05) is 30.3 Å². The van der Waals surface area contributed by atoms with Crippen molar-refractivity contribution in [1.82, 2.24) is 25.0 Å². The Bertz CT molecular complexity index is 1770. The molecule has 1 aromatic heterocycles. The third-order valence-electron chi connectivity index (χ3n) is 10.8. The van der Waals surface area contributed by atoms with Crippen molar-refractivity contribution >= 4 is 34.9 Å². The molecule has 2 saturated heterocycles. The smallest absolute Gasteiger partial charge is 0.410 e. The van der Waals surface area contributed by atoms with Crippen molar-refractivity contribution in [2.75, 3.05) is 20.1 Å². The van der Waals surface area contributed by atoms with E-state index < -0.39 is 65.7 Å². The largest absolute Gasteiger partial charge is 0.445 e. The van der Waals surface area contributed by atoms with Crippen molar-refractivity contribution < 1.29 is 38.1 Å². The summed E-state index contributed by atoms with van der Waals surface area (Å²) in [6, 6.07) is 10.4. The number of amides is 4. The minimum Gasteiger partial charge on any atom is -0.445 e. The lowest BCUT2D eigenvalue weighted by atomic mass is 9.82. The van der Waals surface area contributed by atoms with Crippen molar-refractivity contribution in [3.05, 3.63) is 71.7 Å². The van der Waals surface area contributed by atoms with E-state index in [-0.39, 0.29) is 31.5 Å². The summed E-state index contributed by atoms with van der Waals surface area (Å²) in [7, 11) is 1.48. The van der Waals surface area contributed by atoms with Gasteiger partial charge in [0.1, 0.15) is 30.1 Å². The van der Waals surface area contributed by atoms with Gasteiger partial charge in [0.15, 0.2) is 0 Å². The molecule has 4 amide bonds. The van der Waals surface area contributed by atoms with Gasteiger partial charge in [0.05, 0.1) is 18.2 Å². The van der Waals surface area contributed by atoms with E-state index in [4.69, 9.17) is 9.47 Å². The summed E-state index contributed by atoms with van der Waals surface area (Å²) in [5.74, 6) is -1.88. The normalized spacial score (nSPS) is 23.2. The van der Waals surface area contributed by atoms with E-state index >= 15 is 0 Å². The molecule has 12 nitrogen and oxygen atoms in total. The SMILES string of the molecule is C[C@@H](C(=O)N[C@H](C(=O)N1C[C@@H](O)[C@@H]2[C@H]1[C@@H](c1c[nH]c3cc(F)ccc13)CN2C(=O)OCc1ccccc1)C1CCCCC1)N(C)C(=O)OC(C)(C)C. The van der Waals surface area contributed by atoms with E-state index in [1.54, 1.807) is 44.9 Å². The molecule has 0 bridgehead atoms. The Morgan fingerprint density at radius 1 is 1.02 bits per heavy atom. The number of rotatable bonds is 8. The zero-order valence-electron chi connectivity index (χ0n) is 30.5. The number of nitrogens with zero attached hydrogens (tertiary/aromatic N) is 3. The second-order valence-corrected chi connectivity index (χ2v) is 15.4. The van der Waals surface area contributed by atoms with Gasteiger partial charge in [-0.15, -0.1) is 0 Å². The number of nitrogens with one attached hydrogen (secondary N) is 2. The number of H-pyrrole nitrogens is 1. The number of aromatic amines is 1. The Balaban J connectivity index is 1.31. The highest BCUT2D eigenvalue weighted by atomic mass is 19.1. The zero-order chi connectivity index (χ0) is 37.3. The quantitative estimate of drug-likeness (QED) is 0.287. The summed E-state index contributed by atoms with van der Waals surface area (Å²) in [5.41, 5.74) is 1.40. The van der Waals surface area contributed by atoms with Crippen molar-refractivity contribution in [3.63, 3.8) is 0 Å². The van der Waals surface area contributed by atoms with Gasteiger partial charge in [-0.1, -0.05) is 49.6 Å². The maximum atomic E-state index is 14.9. The van der Waals surface area contributed by atoms with Crippen molar-refractivity contribution in [1.29, 1.82) is 0 Å². The Hall–Kier alpha value is -4.65. The summed E-state index contributed by atoms with van der Waals surface area (Å²) in [5, 5.41) is 15.4. The molecule has 0 spiro atoms. The molecule has 3 heterocycles. The molecule has 1 aliphatic carbocycles. The highest BCUT2D eigenvalue weighted by Crippen LogP contribution is 2.44. The highest BCUT2D eigenvalue weighted by molar-refractivity contribution is 5.92. The molecule has 2 aliphatic heterocycles. The number of aliphatic hydroxyl groups excluding tert-OH is 1. The van der Waals surface area contributed by atoms with Gasteiger partial charge in [0, 0.05) is 43.2 Å². The standard InChI is InChI=1S/C39H50FN5O7/c1-23(43(5)37(49)52-39(2,3)4)35(47)42-32(25-14-10-7-11-15-25)36(48)44-21-31(46)34-33(44)29(28-19-41-30-18-26(40)16-17-27(28)30)20-45(34)38(50)51-22-24-12-8-6-9-13-24/h6,8-9,12-13,16-19,23,25,29,31-34,41,46H,7,10-11,14-15,20-22H2,1-5H3,(H,42,47)/t23-,29+,31+,32-,33+,34+/m0/s1. The van der Waals surface area contributed by atoms with Crippen molar-refractivity contribution in [3.8, 4) is 0 Å². The second kappa shape index (κ2) is 15.1. The predicted octanol–water partition coefficient (Wildman–Crippen LogP) is 5.30. The molecular formula is C39H50FN5O7. The molecule has 3 aromatic rings. The lowest BCUT2D eigenvalue weighted by Gasteiger charge is -2.37. The third kappa shape index (κ3) is 7.74. The van der Waals surface area contributed by atoms with Gasteiger partial charge < -0.3 is 29.8 Å². The molecule has 13 heteroatoms. The maximum Gasteiger partial charge on any atom is 0.410 e. The predicted molar refractivity (Wildman–Crippen MR) is 192 cm³/mol. The van der Waals surface area contributed by atoms with Crippen LogP contribution in [0.25, 0.3) is 10.9 Å². The van der Waals surface area contributed by atoms with Gasteiger partial charge >= 0.3 is 12.2 Å². The summed E-state index contributed by atoms with van der Waals surface area (Å²) >= 11 is 0. The molecule has 2 aromatic carbocycles. The number of carbonyl (C=O) groups excluding carboxylic acids is 4. The average molecular weight is 720 g/mol. The minimum absolute atomic E-state index is 0.0367. The van der Waals surface area contributed by atoms with Gasteiger partial charge in [0.2, 0.25) is 11.8 Å². The fourth-order valence-corrected chi connectivity index (χ4v) is 8.05. The van der Waals surface area contributed by atoms with Crippen LogP contribution in [-0.4, -0.2) is 105 Å². The topological polar surface area (TPSA) is 145 Å². The molecule has 280 valence electrons. The average Bonchev–Trinajstić information content (AvgIpc) is 3.82. The van der Waals surface area contributed by atoms with Gasteiger partial charge in [-0.2, -0.15) is 0 Å². The summed E-state index contributed by atoms with van der Waals surface area (Å²) in [6.07, 6.45) is 3.70. The molecular weight excluding hydrogens is 669 g/mol. The first-order chi connectivity index (χ1) is 24.7. The van der Waals surface area contributed by atoms with E-state index in [0.717, 1.165) is 48.6 Å². The Labute approximate surface area is 303 Å². The zero-order valence-corrected chi connectivity index (χ0v) is 30.5. The van der Waals surface area contributed by atoms with Crippen molar-refractivity contribution in [2.24, 2.45) is 5.92 Å². The van der Waals surface area contributed by atoms with Crippen LogP contribution in [0.4, 0.5) is 14.0 Å². The number of hydrogen-bond donors (Lipinski definition) is 3. The molecule has 1 saturated carbocycles. The fraction of sp³-hybridized carbons (Fsp3) is 0.538. The molecule has 52 heavy (non-hydrogen) atoms. The summed E-state index contributed by atoms with van der Waals surface area (Å²) < 4.78 is 25.4. The van der Waals surface area contributed by atoms with E-state index in [0.29, 0.717) is 5.52 Å². The molecule has 3 N–H and O–H groups in total. The maximum absolute atomic E-state index is 14.9. The van der Waals surface area contributed by atoms with Crippen LogP contribution in [0.3, 0.4) is 0 Å². The van der Waals surface area contributed by atoms with Crippen LogP contribution < -0.4 is 5.32 Å². The van der Waals surface area contributed by atoms with Crippen LogP contribution in [0.1, 0.15) is 76.8 Å². The second-order valence-electron chi connectivity index (χ2n) is 15.4. The van der Waals surface area contributed by atoms with Crippen LogP contribution >= 0.6 is 0 Å². The summed E-state index contributed by atoms with van der Waals surface area (Å²) in [4.78, 5) is 62.7. The van der Waals surface area contributed by atoms with Crippen LogP contribution in [-0.2, 0) is 25.7 Å². The first kappa shape index (κ1) is 37.1. The molecule has 3 aliphatic rings. The van der Waals surface area contributed by atoms with E-state index in [9.17, 15) is 28.7 Å². The first-order valence-electron chi connectivity index (χ1n) is 18.2. The summed E-state index contributed by atoms with van der Waals surface area (Å²) in [6.45, 7) is 6.94. The lowest BCUT2D eigenvalue weighted by molar-refractivity contribution is -0.140. The Kier molecular flexibility index (Phi) is 10.8. The number of carbonyl (C=O) groups is 4. The third-order valence-corrected chi connectivity index (χ3v) is 10.8. The monoisotopic (exact) mass is 719 g/mol. The van der Waals surface area contributed by atoms with Crippen LogP contribution in [0.15, 0.2) is 54.7 Å². The number of ether oxygens (including phenoxy) is 2. The Morgan fingerprint density at radius 2 is 1.73 bits per heavy atom. The fourth-order valence-electron chi connectivity index (χ4n) is 8.05. The number of hydrogen-bond acceptors (Lipinski definition) is 7. The number of likely N-dealkylation sites (tertiary alicyclic amines) is 2. The first-order valence-corrected chi connectivity index (χ1v) is 18.2. The number of likely N-dealkylation sites (N-methyl/N-ethyl adjacent to an activating group) is 1. The van der Waals surface area contributed by atoms with Gasteiger partial charge in [-0.05, 0) is 75.8 Å². The van der Waals surface area contributed by atoms with Crippen molar-refractivity contribution in [2.45, 2.75) is 108 Å². The van der Waals surface area contributed by atoms with E-state index in [2.05, 4.69) is 10.3 Å². The number of fused-ring (bicyclic) bond motifs is 2. The number of halogens is 1. The van der Waals surface area contributed by atoms with Crippen LogP contribution in [0.2, 0.25) is 0 Å². The van der Waals surface area contributed by atoms with Crippen LogP contribution in [0.5, 0.6) is 0 Å². The Morgan fingerprint density at radius 3 is 2.42 bits per heavy atom. The van der Waals surface area contributed by atoms with Gasteiger partial charge in [-0.25, -0.2) is 14.0 Å². The van der Waals surface area contributed by atoms with E-state index in [1.165, 1.54) is 29.0 Å². The number of aromatic nitrogens is 1. The molecule has 0 radical (unpaired) electrons. The van der Waals surface area contributed by atoms with Crippen LogP contribution in [0, 0.1) is 11.7 Å². The minimum atomic E-state index is -1.09. The molecule has 6 atom stereocenters. The number of benzene rings is 2. The number of β-amino-alcohol motifs (C(OH)–C–C–N with tert-alkyl or cyclic N) is 1. The molecule has 0 unspecified atom stereocenters. The lowest BCUT2D eigenvalue weighted by Crippen LogP contribution is -2.58. The van der Waals surface area contributed by atoms with Gasteiger partial charge in [0.25, 0.3) is 0 Å². The van der Waals surface area contributed by atoms with Gasteiger partial charge in [-0.3, -0.25) is 19.4 Å².